The predicted molar refractivity (Wildman–Crippen MR) is 244 cm³/mol. The molecule has 0 amide bonds. The first-order valence-electron chi connectivity index (χ1n) is 20.4. The SMILES string of the molecule is CC1(C)c2ccccc2-c2c1ccc1c2c2ccccc2n1-c1cccc(-c2nc(-c3ccc4c(c3)oc3ccccc34)nc(-n3c4ccccc4c4ccccc43)n2)c1. The van der Waals surface area contributed by atoms with Gasteiger partial charge < -0.3 is 8.98 Å². The zero-order chi connectivity index (χ0) is 39.7. The highest BCUT2D eigenvalue weighted by molar-refractivity contribution is 6.18. The average Bonchev–Trinajstić information content (AvgIpc) is 4.01. The number of nitrogens with zero attached hydrogens (tertiary/aromatic N) is 5. The summed E-state index contributed by atoms with van der Waals surface area (Å²) < 4.78 is 10.9. The lowest BCUT2D eigenvalue weighted by atomic mass is 9.82. The van der Waals surface area contributed by atoms with Gasteiger partial charge in [0.05, 0.1) is 22.1 Å². The van der Waals surface area contributed by atoms with Gasteiger partial charge in [0.25, 0.3) is 0 Å². The molecule has 0 fully saturated rings. The molecule has 0 radical (unpaired) electrons. The van der Waals surface area contributed by atoms with E-state index in [9.17, 15) is 0 Å². The summed E-state index contributed by atoms with van der Waals surface area (Å²) >= 11 is 0. The van der Waals surface area contributed by atoms with Crippen LogP contribution in [0.25, 0.3) is 111 Å². The first-order chi connectivity index (χ1) is 29.5. The molecule has 0 unspecified atom stereocenters. The van der Waals surface area contributed by atoms with Crippen molar-refractivity contribution in [2.45, 2.75) is 19.3 Å². The van der Waals surface area contributed by atoms with Crippen LogP contribution in [0.4, 0.5) is 0 Å². The molecule has 0 saturated heterocycles. The van der Waals surface area contributed by atoms with E-state index >= 15 is 0 Å². The molecule has 282 valence electrons. The summed E-state index contributed by atoms with van der Waals surface area (Å²) in [4.78, 5) is 15.8. The number of furan rings is 1. The fourth-order valence-electron chi connectivity index (χ4n) is 10.0. The minimum Gasteiger partial charge on any atom is -0.456 e. The van der Waals surface area contributed by atoms with Gasteiger partial charge in [-0.15, -0.1) is 0 Å². The number of benzene rings is 8. The number of para-hydroxylation sites is 4. The summed E-state index contributed by atoms with van der Waals surface area (Å²) in [5, 5.41) is 6.95. The fourth-order valence-corrected chi connectivity index (χ4v) is 10.0. The zero-order valence-corrected chi connectivity index (χ0v) is 32.9. The van der Waals surface area contributed by atoms with Crippen molar-refractivity contribution in [2.75, 3.05) is 0 Å². The summed E-state index contributed by atoms with van der Waals surface area (Å²) in [7, 11) is 0. The summed E-state index contributed by atoms with van der Waals surface area (Å²) in [6.45, 7) is 4.69. The van der Waals surface area contributed by atoms with Gasteiger partial charge in [0, 0.05) is 54.5 Å². The average molecular weight is 770 g/mol. The van der Waals surface area contributed by atoms with Crippen molar-refractivity contribution in [3.8, 4) is 45.5 Å². The van der Waals surface area contributed by atoms with Crippen LogP contribution in [0, 0.1) is 0 Å². The summed E-state index contributed by atoms with van der Waals surface area (Å²) in [5.41, 5.74) is 14.1. The Morgan fingerprint density at radius 1 is 0.433 bits per heavy atom. The normalized spacial score (nSPS) is 13.3. The molecule has 12 aromatic rings. The maximum Gasteiger partial charge on any atom is 0.238 e. The number of rotatable bonds is 4. The van der Waals surface area contributed by atoms with Gasteiger partial charge in [0.2, 0.25) is 5.95 Å². The van der Waals surface area contributed by atoms with Gasteiger partial charge in [0.1, 0.15) is 11.2 Å². The first kappa shape index (κ1) is 33.2. The van der Waals surface area contributed by atoms with Gasteiger partial charge in [-0.2, -0.15) is 9.97 Å². The quantitative estimate of drug-likeness (QED) is 0.179. The van der Waals surface area contributed by atoms with Crippen LogP contribution in [0.1, 0.15) is 25.0 Å². The molecule has 0 bridgehead atoms. The molecular formula is C54H35N5O. The Hall–Kier alpha value is -7.83. The molecule has 6 nitrogen and oxygen atoms in total. The number of hydrogen-bond donors (Lipinski definition) is 0. The molecule has 4 heterocycles. The van der Waals surface area contributed by atoms with Crippen LogP contribution >= 0.6 is 0 Å². The van der Waals surface area contributed by atoms with Crippen LogP contribution in [0.3, 0.4) is 0 Å². The van der Waals surface area contributed by atoms with Crippen molar-refractivity contribution in [1.82, 2.24) is 24.1 Å². The van der Waals surface area contributed by atoms with E-state index in [0.717, 1.165) is 66.1 Å². The number of aromatic nitrogens is 5. The topological polar surface area (TPSA) is 61.7 Å². The van der Waals surface area contributed by atoms with E-state index in [-0.39, 0.29) is 5.41 Å². The Morgan fingerprint density at radius 3 is 1.82 bits per heavy atom. The molecule has 6 heteroatoms. The minimum absolute atomic E-state index is 0.0946. The van der Waals surface area contributed by atoms with Crippen molar-refractivity contribution in [1.29, 1.82) is 0 Å². The van der Waals surface area contributed by atoms with Crippen molar-refractivity contribution >= 4 is 65.6 Å². The molecule has 1 aliphatic rings. The van der Waals surface area contributed by atoms with Crippen molar-refractivity contribution in [2.24, 2.45) is 0 Å². The molecule has 0 aliphatic heterocycles. The number of hydrogen-bond acceptors (Lipinski definition) is 4. The molecule has 0 spiro atoms. The van der Waals surface area contributed by atoms with Gasteiger partial charge in [0.15, 0.2) is 11.6 Å². The highest BCUT2D eigenvalue weighted by atomic mass is 16.3. The predicted octanol–water partition coefficient (Wildman–Crippen LogP) is 13.6. The van der Waals surface area contributed by atoms with Gasteiger partial charge in [-0.05, 0) is 76.9 Å². The van der Waals surface area contributed by atoms with Crippen molar-refractivity contribution in [3.63, 3.8) is 0 Å². The highest BCUT2D eigenvalue weighted by Crippen LogP contribution is 2.53. The second-order valence-corrected chi connectivity index (χ2v) is 16.4. The van der Waals surface area contributed by atoms with Crippen LogP contribution in [-0.4, -0.2) is 24.1 Å². The highest BCUT2D eigenvalue weighted by Gasteiger charge is 2.37. The van der Waals surface area contributed by atoms with Crippen molar-refractivity contribution in [3.05, 3.63) is 187 Å². The molecule has 0 saturated carbocycles. The smallest absolute Gasteiger partial charge is 0.238 e. The van der Waals surface area contributed by atoms with E-state index in [4.69, 9.17) is 19.4 Å². The monoisotopic (exact) mass is 769 g/mol. The fraction of sp³-hybridized carbons (Fsp3) is 0.0556. The largest absolute Gasteiger partial charge is 0.456 e. The van der Waals surface area contributed by atoms with E-state index in [0.29, 0.717) is 17.6 Å². The van der Waals surface area contributed by atoms with Gasteiger partial charge >= 0.3 is 0 Å². The van der Waals surface area contributed by atoms with Gasteiger partial charge in [-0.25, -0.2) is 4.98 Å². The lowest BCUT2D eigenvalue weighted by Crippen LogP contribution is -2.14. The molecule has 0 N–H and O–H groups in total. The Bertz CT molecular complexity index is 3720. The van der Waals surface area contributed by atoms with Crippen LogP contribution in [0.2, 0.25) is 0 Å². The van der Waals surface area contributed by atoms with Crippen LogP contribution < -0.4 is 0 Å². The van der Waals surface area contributed by atoms with Gasteiger partial charge in [-0.3, -0.25) is 4.57 Å². The van der Waals surface area contributed by atoms with Crippen LogP contribution in [0.15, 0.2) is 180 Å². The molecule has 0 atom stereocenters. The van der Waals surface area contributed by atoms with E-state index in [1.54, 1.807) is 0 Å². The van der Waals surface area contributed by atoms with E-state index < -0.39 is 0 Å². The zero-order valence-electron chi connectivity index (χ0n) is 32.9. The van der Waals surface area contributed by atoms with E-state index in [2.05, 4.69) is 181 Å². The Kier molecular flexibility index (Phi) is 6.69. The summed E-state index contributed by atoms with van der Waals surface area (Å²) in [5.74, 6) is 1.70. The Balaban J connectivity index is 1.05. The lowest BCUT2D eigenvalue weighted by Gasteiger charge is -2.21. The maximum atomic E-state index is 6.35. The minimum atomic E-state index is -0.0946. The standard InChI is InChI=1S/C54H35N5O/c1-54(2)41-21-8-3-19-39(41)49-42(54)28-29-46-50(49)40-20-6-11-24-45(40)58(46)34-15-13-14-32(30-34)51-55-52(33-26-27-38-37-18-7-12-25-47(37)60-48(38)31-33)57-53(56-51)59-43-22-9-4-16-35(43)36-17-5-10-23-44(36)59/h3-31H,1-2H3. The first-order valence-corrected chi connectivity index (χ1v) is 20.4. The third kappa shape index (κ3) is 4.56. The molecule has 60 heavy (non-hydrogen) atoms. The van der Waals surface area contributed by atoms with Gasteiger partial charge in [-0.1, -0.05) is 135 Å². The molecule has 4 aromatic heterocycles. The number of fused-ring (bicyclic) bond motifs is 13. The Labute approximate surface area is 344 Å². The van der Waals surface area contributed by atoms with Crippen LogP contribution in [-0.2, 0) is 5.41 Å². The Morgan fingerprint density at radius 2 is 1.05 bits per heavy atom. The summed E-state index contributed by atoms with van der Waals surface area (Å²) in [6, 6.07) is 62.3. The van der Waals surface area contributed by atoms with Crippen molar-refractivity contribution < 1.29 is 4.42 Å². The lowest BCUT2D eigenvalue weighted by molar-refractivity contribution is 0.661. The molecule has 1 aliphatic carbocycles. The molecule has 8 aromatic carbocycles. The third-order valence-electron chi connectivity index (χ3n) is 12.8. The molecular weight excluding hydrogens is 735 g/mol. The second kappa shape index (κ2) is 12.1. The molecule has 13 rings (SSSR count). The van der Waals surface area contributed by atoms with Crippen LogP contribution in [0.5, 0.6) is 0 Å². The third-order valence-corrected chi connectivity index (χ3v) is 12.8. The van der Waals surface area contributed by atoms with E-state index in [1.165, 1.54) is 38.5 Å². The van der Waals surface area contributed by atoms with E-state index in [1.807, 2.05) is 18.2 Å². The summed E-state index contributed by atoms with van der Waals surface area (Å²) in [6.07, 6.45) is 0. The maximum absolute atomic E-state index is 6.35. The second-order valence-electron chi connectivity index (χ2n) is 16.4.